The van der Waals surface area contributed by atoms with Gasteiger partial charge in [-0.05, 0) is 61.8 Å². The van der Waals surface area contributed by atoms with E-state index in [4.69, 9.17) is 32.2 Å². The second-order valence-corrected chi connectivity index (χ2v) is 9.18. The molecule has 2 aromatic rings. The molecule has 0 heterocycles. The van der Waals surface area contributed by atoms with Gasteiger partial charge in [0, 0.05) is 24.2 Å². The third-order valence-corrected chi connectivity index (χ3v) is 6.50. The number of nitro benzene ring substituents is 1. The third-order valence-electron chi connectivity index (χ3n) is 6.17. The molecule has 2 amide bonds. The average Bonchev–Trinajstić information content (AvgIpc) is 2.91. The summed E-state index contributed by atoms with van der Waals surface area (Å²) in [5.74, 6) is -0.234. The number of nitrogens with one attached hydrogen (secondary N) is 1. The van der Waals surface area contributed by atoms with Crippen molar-refractivity contribution in [2.75, 3.05) is 20.3 Å². The lowest BCUT2D eigenvalue weighted by Crippen LogP contribution is -2.48. The predicted octanol–water partition coefficient (Wildman–Crippen LogP) is 3.72. The lowest BCUT2D eigenvalue weighted by Gasteiger charge is -2.36. The molecule has 0 unspecified atom stereocenters. The number of nitrogens with two attached hydrogens (primary N) is 1. The minimum atomic E-state index is -0.599. The Hall–Kier alpha value is -3.93. The summed E-state index contributed by atoms with van der Waals surface area (Å²) in [6.45, 7) is 2.10. The SMILES string of the molecule is CCOc1ccc(C(=O)NC(=S)N(Cc2ccc(OCC(N)=O)c(OC)c2)C2CCCCC2)cc1[N+](=O)[O-]. The van der Waals surface area contributed by atoms with E-state index in [-0.39, 0.29) is 41.4 Å². The third kappa shape index (κ3) is 7.54. The van der Waals surface area contributed by atoms with Gasteiger partial charge in [-0.25, -0.2) is 0 Å². The lowest BCUT2D eigenvalue weighted by molar-refractivity contribution is -0.385. The molecule has 0 spiro atoms. The van der Waals surface area contributed by atoms with E-state index in [1.165, 1.54) is 25.3 Å². The van der Waals surface area contributed by atoms with Gasteiger partial charge >= 0.3 is 5.69 Å². The van der Waals surface area contributed by atoms with Crippen LogP contribution in [-0.2, 0) is 11.3 Å². The van der Waals surface area contributed by atoms with Crippen LogP contribution in [0.25, 0.3) is 0 Å². The summed E-state index contributed by atoms with van der Waals surface area (Å²) < 4.78 is 16.1. The van der Waals surface area contributed by atoms with Gasteiger partial charge in [0.05, 0.1) is 18.6 Å². The molecule has 11 nitrogen and oxygen atoms in total. The molecule has 0 bridgehead atoms. The molecule has 0 radical (unpaired) electrons. The van der Waals surface area contributed by atoms with Gasteiger partial charge in [0.25, 0.3) is 11.8 Å². The number of benzene rings is 2. The Kier molecular flexibility index (Phi) is 10.2. The number of methoxy groups -OCH3 is 1. The maximum atomic E-state index is 13.0. The molecule has 3 N–H and O–H groups in total. The Morgan fingerprint density at radius 2 is 1.82 bits per heavy atom. The molecule has 204 valence electrons. The monoisotopic (exact) mass is 544 g/mol. The highest BCUT2D eigenvalue weighted by molar-refractivity contribution is 7.80. The molecular weight excluding hydrogens is 512 g/mol. The van der Waals surface area contributed by atoms with Gasteiger partial charge in [-0.15, -0.1) is 0 Å². The van der Waals surface area contributed by atoms with E-state index in [2.05, 4.69) is 5.32 Å². The molecule has 2 aromatic carbocycles. The van der Waals surface area contributed by atoms with Crippen LogP contribution in [0, 0.1) is 10.1 Å². The molecule has 0 atom stereocenters. The zero-order valence-electron chi connectivity index (χ0n) is 21.4. The first-order valence-electron chi connectivity index (χ1n) is 12.3. The topological polar surface area (TPSA) is 146 Å². The summed E-state index contributed by atoms with van der Waals surface area (Å²) in [6, 6.07) is 9.48. The predicted molar refractivity (Wildman–Crippen MR) is 144 cm³/mol. The van der Waals surface area contributed by atoms with Crippen molar-refractivity contribution in [2.45, 2.75) is 51.6 Å². The summed E-state index contributed by atoms with van der Waals surface area (Å²) in [7, 11) is 1.50. The molecule has 1 fully saturated rings. The first kappa shape index (κ1) is 28.6. The smallest absolute Gasteiger partial charge is 0.311 e. The fourth-order valence-electron chi connectivity index (χ4n) is 4.35. The summed E-state index contributed by atoms with van der Waals surface area (Å²) in [5, 5.41) is 14.5. The molecule has 0 aromatic heterocycles. The second kappa shape index (κ2) is 13.6. The summed E-state index contributed by atoms with van der Waals surface area (Å²) in [6.07, 6.45) is 5.07. The maximum absolute atomic E-state index is 13.0. The van der Waals surface area contributed by atoms with Crippen LogP contribution >= 0.6 is 12.2 Å². The lowest BCUT2D eigenvalue weighted by atomic mass is 9.94. The van der Waals surface area contributed by atoms with Gasteiger partial charge in [-0.2, -0.15) is 0 Å². The minimum absolute atomic E-state index is 0.0951. The Balaban J connectivity index is 1.81. The minimum Gasteiger partial charge on any atom is -0.493 e. The van der Waals surface area contributed by atoms with E-state index in [0.29, 0.717) is 18.0 Å². The van der Waals surface area contributed by atoms with Crippen molar-refractivity contribution in [1.29, 1.82) is 0 Å². The van der Waals surface area contributed by atoms with Gasteiger partial charge in [0.15, 0.2) is 29.0 Å². The Bertz CT molecular complexity index is 1180. The van der Waals surface area contributed by atoms with Crippen LogP contribution in [0.15, 0.2) is 36.4 Å². The van der Waals surface area contributed by atoms with Gasteiger partial charge in [0.2, 0.25) is 0 Å². The van der Waals surface area contributed by atoms with Crippen molar-refractivity contribution >= 4 is 34.8 Å². The molecule has 1 saturated carbocycles. The molecular formula is C26H32N4O7S. The summed E-state index contributed by atoms with van der Waals surface area (Å²) >= 11 is 5.67. The fourth-order valence-corrected chi connectivity index (χ4v) is 4.66. The number of amides is 2. The molecule has 1 aliphatic carbocycles. The van der Waals surface area contributed by atoms with E-state index >= 15 is 0 Å². The Labute approximate surface area is 226 Å². The highest BCUT2D eigenvalue weighted by Gasteiger charge is 2.26. The molecule has 38 heavy (non-hydrogen) atoms. The number of primary amides is 1. The van der Waals surface area contributed by atoms with Crippen LogP contribution in [-0.4, -0.2) is 53.1 Å². The molecule has 0 aliphatic heterocycles. The van der Waals surface area contributed by atoms with E-state index in [1.54, 1.807) is 19.1 Å². The highest BCUT2D eigenvalue weighted by Crippen LogP contribution is 2.31. The summed E-state index contributed by atoms with van der Waals surface area (Å²) in [5.41, 5.74) is 5.83. The number of hydrogen-bond acceptors (Lipinski definition) is 8. The first-order valence-corrected chi connectivity index (χ1v) is 12.8. The first-order chi connectivity index (χ1) is 18.2. The van der Waals surface area contributed by atoms with Crippen molar-refractivity contribution in [3.05, 3.63) is 57.6 Å². The number of thiocarbonyl (C=S) groups is 1. The zero-order chi connectivity index (χ0) is 27.7. The normalized spacial score (nSPS) is 13.3. The van der Waals surface area contributed by atoms with Crippen LogP contribution in [0.3, 0.4) is 0 Å². The number of rotatable bonds is 11. The van der Waals surface area contributed by atoms with Crippen LogP contribution in [0.1, 0.15) is 54.9 Å². The van der Waals surface area contributed by atoms with Crippen molar-refractivity contribution in [3.63, 3.8) is 0 Å². The number of ether oxygens (including phenoxy) is 3. The average molecular weight is 545 g/mol. The quantitative estimate of drug-likeness (QED) is 0.245. The fraction of sp³-hybridized carbons (Fsp3) is 0.423. The van der Waals surface area contributed by atoms with E-state index < -0.39 is 16.7 Å². The standard InChI is InChI=1S/C26H32N4O7S/c1-3-36-21-12-10-18(14-20(21)30(33)34)25(32)28-26(38)29(19-7-5-4-6-8-19)15-17-9-11-22(23(13-17)35-2)37-16-24(27)31/h9-14,19H,3-8,15-16H2,1-2H3,(H2,27,31)(H,28,32,38). The number of nitro groups is 1. The number of hydrogen-bond donors (Lipinski definition) is 2. The van der Waals surface area contributed by atoms with Crippen LogP contribution in [0.5, 0.6) is 17.2 Å². The highest BCUT2D eigenvalue weighted by atomic mass is 32.1. The van der Waals surface area contributed by atoms with Crippen molar-refractivity contribution in [3.8, 4) is 17.2 Å². The van der Waals surface area contributed by atoms with Crippen molar-refractivity contribution < 1.29 is 28.7 Å². The largest absolute Gasteiger partial charge is 0.493 e. The van der Waals surface area contributed by atoms with Crippen LogP contribution in [0.4, 0.5) is 5.69 Å². The number of nitrogens with zero attached hydrogens (tertiary/aromatic N) is 2. The van der Waals surface area contributed by atoms with E-state index in [1.807, 2.05) is 11.0 Å². The van der Waals surface area contributed by atoms with Gasteiger partial charge in [0.1, 0.15) is 0 Å². The Morgan fingerprint density at radius 3 is 2.45 bits per heavy atom. The molecule has 3 rings (SSSR count). The maximum Gasteiger partial charge on any atom is 0.311 e. The van der Waals surface area contributed by atoms with Crippen molar-refractivity contribution in [1.82, 2.24) is 10.2 Å². The molecule has 0 saturated heterocycles. The number of carbonyl (C=O) groups excluding carboxylic acids is 2. The summed E-state index contributed by atoms with van der Waals surface area (Å²) in [4.78, 5) is 37.0. The zero-order valence-corrected chi connectivity index (χ0v) is 22.3. The molecule has 12 heteroatoms. The number of carbonyl (C=O) groups is 2. The van der Waals surface area contributed by atoms with Gasteiger partial charge in [-0.1, -0.05) is 25.3 Å². The molecule has 1 aliphatic rings. The second-order valence-electron chi connectivity index (χ2n) is 8.79. The van der Waals surface area contributed by atoms with Gasteiger partial charge in [-0.3, -0.25) is 25.0 Å². The van der Waals surface area contributed by atoms with E-state index in [9.17, 15) is 19.7 Å². The Morgan fingerprint density at radius 1 is 1.11 bits per heavy atom. The van der Waals surface area contributed by atoms with E-state index in [0.717, 1.165) is 37.7 Å². The van der Waals surface area contributed by atoms with Crippen LogP contribution < -0.4 is 25.3 Å². The van der Waals surface area contributed by atoms with Gasteiger partial charge < -0.3 is 24.8 Å². The van der Waals surface area contributed by atoms with Crippen LogP contribution in [0.2, 0.25) is 0 Å². The van der Waals surface area contributed by atoms with Crippen molar-refractivity contribution in [2.24, 2.45) is 5.73 Å².